The second-order valence-electron chi connectivity index (χ2n) is 6.75. The summed E-state index contributed by atoms with van der Waals surface area (Å²) in [5.41, 5.74) is 0.623. The highest BCUT2D eigenvalue weighted by Crippen LogP contribution is 2.29. The predicted octanol–water partition coefficient (Wildman–Crippen LogP) is 3.70. The molecular formula is C27H21NO9. The Morgan fingerprint density at radius 2 is 1.00 bits per heavy atom. The smallest absolute Gasteiger partial charge is 0.336 e. The first kappa shape index (κ1) is 27.7. The zero-order valence-corrected chi connectivity index (χ0v) is 19.4. The number of anilines is 1. The van der Waals surface area contributed by atoms with Crippen LogP contribution in [0.25, 0.3) is 6.08 Å². The number of ether oxygens (including phenoxy) is 4. The van der Waals surface area contributed by atoms with Gasteiger partial charge in [0.25, 0.3) is 0 Å². The van der Waals surface area contributed by atoms with Gasteiger partial charge in [0, 0.05) is 54.3 Å². The van der Waals surface area contributed by atoms with Crippen molar-refractivity contribution in [2.24, 2.45) is 0 Å². The third kappa shape index (κ3) is 9.33. The van der Waals surface area contributed by atoms with Gasteiger partial charge in [0.1, 0.15) is 23.0 Å². The van der Waals surface area contributed by atoms with Crippen LogP contribution in [0.1, 0.15) is 5.56 Å². The van der Waals surface area contributed by atoms with Gasteiger partial charge in [-0.2, -0.15) is 0 Å². The largest absolute Gasteiger partial charge is 0.423 e. The second kappa shape index (κ2) is 13.4. The van der Waals surface area contributed by atoms with E-state index in [0.29, 0.717) is 5.56 Å². The summed E-state index contributed by atoms with van der Waals surface area (Å²) in [6, 6.07) is 7.98. The molecule has 0 spiro atoms. The van der Waals surface area contributed by atoms with Crippen LogP contribution in [-0.2, 0) is 24.0 Å². The minimum atomic E-state index is -0.863. The minimum absolute atomic E-state index is 0.0743. The number of benzene rings is 2. The van der Waals surface area contributed by atoms with Crippen LogP contribution >= 0.6 is 0 Å². The van der Waals surface area contributed by atoms with E-state index in [4.69, 9.17) is 18.9 Å². The molecule has 0 aromatic heterocycles. The summed E-state index contributed by atoms with van der Waals surface area (Å²) in [6.07, 6.45) is 6.23. The molecule has 0 saturated carbocycles. The second-order valence-corrected chi connectivity index (χ2v) is 6.75. The first-order valence-electron chi connectivity index (χ1n) is 10.3. The number of hydrogen-bond acceptors (Lipinski definition) is 9. The van der Waals surface area contributed by atoms with Crippen LogP contribution in [0.4, 0.5) is 5.69 Å². The number of rotatable bonds is 11. The van der Waals surface area contributed by atoms with Crippen LogP contribution in [0.15, 0.2) is 93.1 Å². The Hall–Kier alpha value is -5.51. The quantitative estimate of drug-likeness (QED) is 0.277. The molecular weight excluding hydrogens is 482 g/mol. The van der Waals surface area contributed by atoms with Gasteiger partial charge in [-0.15, -0.1) is 0 Å². The molecule has 0 atom stereocenters. The molecule has 10 heteroatoms. The number of carbonyl (C=O) groups excluding carboxylic acids is 5. The lowest BCUT2D eigenvalue weighted by Gasteiger charge is -2.09. The zero-order valence-electron chi connectivity index (χ0n) is 19.4. The van der Waals surface area contributed by atoms with Gasteiger partial charge in [0.15, 0.2) is 0 Å². The van der Waals surface area contributed by atoms with E-state index >= 15 is 0 Å². The van der Waals surface area contributed by atoms with Gasteiger partial charge in [0.05, 0.1) is 0 Å². The highest BCUT2D eigenvalue weighted by Gasteiger charge is 2.12. The highest BCUT2D eigenvalue weighted by atomic mass is 16.6. The van der Waals surface area contributed by atoms with Crippen LogP contribution in [-0.4, -0.2) is 29.8 Å². The van der Waals surface area contributed by atoms with Crippen LogP contribution in [0.2, 0.25) is 0 Å². The third-order valence-electron chi connectivity index (χ3n) is 4.02. The van der Waals surface area contributed by atoms with Gasteiger partial charge in [-0.25, -0.2) is 19.2 Å². The molecule has 0 saturated heterocycles. The number of carbonyl (C=O) groups is 5. The molecule has 10 nitrogen and oxygen atoms in total. The average molecular weight is 503 g/mol. The molecule has 37 heavy (non-hydrogen) atoms. The molecule has 2 rings (SSSR count). The summed E-state index contributed by atoms with van der Waals surface area (Å²) < 4.78 is 20.3. The van der Waals surface area contributed by atoms with Crippen molar-refractivity contribution in [2.45, 2.75) is 0 Å². The summed E-state index contributed by atoms with van der Waals surface area (Å²) in [4.78, 5) is 58.8. The van der Waals surface area contributed by atoms with E-state index in [2.05, 4.69) is 31.6 Å². The number of hydrogen-bond donors (Lipinski definition) is 1. The molecule has 0 unspecified atom stereocenters. The average Bonchev–Trinajstić information content (AvgIpc) is 2.86. The van der Waals surface area contributed by atoms with E-state index in [1.165, 1.54) is 42.5 Å². The molecule has 188 valence electrons. The van der Waals surface area contributed by atoms with Gasteiger partial charge >= 0.3 is 23.9 Å². The van der Waals surface area contributed by atoms with Crippen molar-refractivity contribution in [3.63, 3.8) is 0 Å². The van der Waals surface area contributed by atoms with Gasteiger partial charge in [-0.1, -0.05) is 26.3 Å². The van der Waals surface area contributed by atoms with Crippen LogP contribution in [0.5, 0.6) is 23.0 Å². The molecule has 0 aliphatic heterocycles. The van der Waals surface area contributed by atoms with Crippen molar-refractivity contribution < 1.29 is 42.9 Å². The normalized spacial score (nSPS) is 9.95. The molecule has 0 aliphatic carbocycles. The fraction of sp³-hybridized carbons (Fsp3) is 0. The lowest BCUT2D eigenvalue weighted by atomic mass is 10.1. The van der Waals surface area contributed by atoms with E-state index in [0.717, 1.165) is 30.4 Å². The predicted molar refractivity (Wildman–Crippen MR) is 134 cm³/mol. The summed E-state index contributed by atoms with van der Waals surface area (Å²) in [6.45, 7) is 13.3. The summed E-state index contributed by atoms with van der Waals surface area (Å²) >= 11 is 0. The Bertz CT molecular complexity index is 1240. The van der Waals surface area contributed by atoms with Gasteiger partial charge in [0.2, 0.25) is 5.91 Å². The summed E-state index contributed by atoms with van der Waals surface area (Å²) in [5, 5.41) is 2.52. The Balaban J connectivity index is 2.30. The summed E-state index contributed by atoms with van der Waals surface area (Å²) in [7, 11) is 0. The molecule has 1 amide bonds. The Morgan fingerprint density at radius 1 is 0.568 bits per heavy atom. The fourth-order valence-electron chi connectivity index (χ4n) is 2.55. The molecule has 0 aliphatic rings. The number of amides is 1. The summed E-state index contributed by atoms with van der Waals surface area (Å²) in [5.74, 6) is -3.87. The first-order valence-corrected chi connectivity index (χ1v) is 10.3. The van der Waals surface area contributed by atoms with Crippen molar-refractivity contribution >= 4 is 41.5 Å². The topological polar surface area (TPSA) is 134 Å². The number of nitrogens with one attached hydrogen (secondary N) is 1. The SMILES string of the molecule is C=CC(=O)Nc1cc(/C=C/C(=O)Oc2cc(OC(=O)C=C)cc(OC(=O)C=C)c2)cc(OC(=O)C=C)c1. The van der Waals surface area contributed by atoms with E-state index in [9.17, 15) is 24.0 Å². The maximum atomic E-state index is 12.4. The molecule has 2 aromatic carbocycles. The first-order chi connectivity index (χ1) is 17.6. The van der Waals surface area contributed by atoms with E-state index in [1.807, 2.05) is 0 Å². The third-order valence-corrected chi connectivity index (χ3v) is 4.02. The van der Waals surface area contributed by atoms with E-state index in [1.54, 1.807) is 0 Å². The minimum Gasteiger partial charge on any atom is -0.423 e. The van der Waals surface area contributed by atoms with Gasteiger partial charge in [-0.05, 0) is 29.8 Å². The van der Waals surface area contributed by atoms with Crippen molar-refractivity contribution in [3.8, 4) is 23.0 Å². The maximum Gasteiger partial charge on any atom is 0.336 e. The fourth-order valence-corrected chi connectivity index (χ4v) is 2.55. The standard InChI is InChI=1S/C27H21NO9/c1-5-23(29)28-18-11-17(12-19(13-18)34-24(30)6-2)9-10-27(33)37-22-15-20(35-25(31)7-3)14-21(16-22)36-26(32)8-4/h5-16H,1-4H2,(H,28,29)/b10-9+. The van der Waals surface area contributed by atoms with Crippen molar-refractivity contribution in [1.29, 1.82) is 0 Å². The van der Waals surface area contributed by atoms with Crippen LogP contribution in [0, 0.1) is 0 Å². The van der Waals surface area contributed by atoms with E-state index < -0.39 is 29.8 Å². The van der Waals surface area contributed by atoms with Gasteiger partial charge < -0.3 is 24.3 Å². The highest BCUT2D eigenvalue weighted by molar-refractivity contribution is 5.99. The molecule has 0 fully saturated rings. The van der Waals surface area contributed by atoms with Crippen molar-refractivity contribution in [2.75, 3.05) is 5.32 Å². The Kier molecular flexibility index (Phi) is 10.0. The Morgan fingerprint density at radius 3 is 1.43 bits per heavy atom. The van der Waals surface area contributed by atoms with E-state index in [-0.39, 0.29) is 28.7 Å². The zero-order chi connectivity index (χ0) is 27.4. The monoisotopic (exact) mass is 503 g/mol. The molecule has 0 bridgehead atoms. The molecule has 0 heterocycles. The lowest BCUT2D eigenvalue weighted by molar-refractivity contribution is -0.130. The van der Waals surface area contributed by atoms with Crippen LogP contribution in [0.3, 0.4) is 0 Å². The molecule has 1 N–H and O–H groups in total. The number of esters is 4. The Labute approximate surface area is 211 Å². The maximum absolute atomic E-state index is 12.4. The van der Waals surface area contributed by atoms with Crippen molar-refractivity contribution in [1.82, 2.24) is 0 Å². The van der Waals surface area contributed by atoms with Gasteiger partial charge in [-0.3, -0.25) is 4.79 Å². The molecule has 2 aromatic rings. The van der Waals surface area contributed by atoms with Crippen molar-refractivity contribution in [3.05, 3.63) is 98.7 Å². The molecule has 0 radical (unpaired) electrons. The van der Waals surface area contributed by atoms with Crippen LogP contribution < -0.4 is 24.3 Å². The lowest BCUT2D eigenvalue weighted by Crippen LogP contribution is -2.09.